The number of nitrogens with zero attached hydrogens (tertiary/aromatic N) is 1. The lowest BCUT2D eigenvalue weighted by Crippen LogP contribution is -2.28. The quantitative estimate of drug-likeness (QED) is 0.852. The van der Waals surface area contributed by atoms with E-state index < -0.39 is 0 Å². The number of hydrogen-bond acceptors (Lipinski definition) is 4. The summed E-state index contributed by atoms with van der Waals surface area (Å²) in [5, 5.41) is 9.11. The minimum Gasteiger partial charge on any atom is -0.508 e. The fourth-order valence-corrected chi connectivity index (χ4v) is 2.55. The van der Waals surface area contributed by atoms with Crippen molar-refractivity contribution in [1.82, 2.24) is 4.90 Å². The zero-order valence-corrected chi connectivity index (χ0v) is 10.7. The molecule has 18 heavy (non-hydrogen) atoms. The summed E-state index contributed by atoms with van der Waals surface area (Å²) in [6.07, 6.45) is 2.37. The predicted molar refractivity (Wildman–Crippen MR) is 71.1 cm³/mol. The van der Waals surface area contributed by atoms with E-state index in [9.17, 15) is 14.7 Å². The summed E-state index contributed by atoms with van der Waals surface area (Å²) in [5.41, 5.74) is 0.706. The average Bonchev–Trinajstić information content (AvgIpc) is 2.57. The summed E-state index contributed by atoms with van der Waals surface area (Å²) < 4.78 is 0. The van der Waals surface area contributed by atoms with Crippen molar-refractivity contribution in [1.29, 1.82) is 0 Å². The van der Waals surface area contributed by atoms with Crippen LogP contribution in [-0.4, -0.2) is 27.7 Å². The number of imide groups is 1. The standard InChI is InChI=1S/C13H13NO3S/c1-2-6-14-12(16)11(18-13(14)17)8-9-4-3-5-10(15)7-9/h3-5,7-8,15H,2,6H2,1H3/b11-8+. The van der Waals surface area contributed by atoms with Crippen molar-refractivity contribution in [2.75, 3.05) is 6.54 Å². The van der Waals surface area contributed by atoms with Crippen LogP contribution in [0.2, 0.25) is 0 Å². The van der Waals surface area contributed by atoms with Gasteiger partial charge in [0, 0.05) is 6.54 Å². The van der Waals surface area contributed by atoms with Crippen LogP contribution in [-0.2, 0) is 4.79 Å². The second kappa shape index (κ2) is 5.27. The number of hydrogen-bond donors (Lipinski definition) is 1. The Morgan fingerprint density at radius 1 is 1.39 bits per heavy atom. The highest BCUT2D eigenvalue weighted by Gasteiger charge is 2.34. The molecule has 0 aromatic heterocycles. The van der Waals surface area contributed by atoms with Crippen molar-refractivity contribution in [3.05, 3.63) is 34.7 Å². The zero-order chi connectivity index (χ0) is 13.1. The molecule has 1 N–H and O–H groups in total. The molecule has 0 aliphatic carbocycles. The number of aromatic hydroxyl groups is 1. The number of phenols is 1. The van der Waals surface area contributed by atoms with Crippen molar-refractivity contribution in [2.24, 2.45) is 0 Å². The molecule has 1 heterocycles. The number of rotatable bonds is 3. The molecule has 1 saturated heterocycles. The first-order valence-corrected chi connectivity index (χ1v) is 6.48. The van der Waals surface area contributed by atoms with Gasteiger partial charge in [0.2, 0.25) is 0 Å². The van der Waals surface area contributed by atoms with Crippen LogP contribution >= 0.6 is 11.8 Å². The molecule has 1 fully saturated rings. The fourth-order valence-electron chi connectivity index (χ4n) is 1.68. The number of phenolic OH excluding ortho intramolecular Hbond substituents is 1. The normalized spacial score (nSPS) is 17.8. The molecule has 0 bridgehead atoms. The molecular weight excluding hydrogens is 250 g/mol. The number of benzene rings is 1. The first-order valence-electron chi connectivity index (χ1n) is 5.66. The van der Waals surface area contributed by atoms with Gasteiger partial charge >= 0.3 is 0 Å². The van der Waals surface area contributed by atoms with Crippen LogP contribution in [0.3, 0.4) is 0 Å². The Kier molecular flexibility index (Phi) is 3.72. The second-order valence-corrected chi connectivity index (χ2v) is 4.92. The van der Waals surface area contributed by atoms with Crippen LogP contribution in [0.25, 0.3) is 6.08 Å². The summed E-state index contributed by atoms with van der Waals surface area (Å²) in [7, 11) is 0. The van der Waals surface area contributed by atoms with Gasteiger partial charge in [-0.2, -0.15) is 0 Å². The summed E-state index contributed by atoms with van der Waals surface area (Å²) >= 11 is 0.939. The third-order valence-electron chi connectivity index (χ3n) is 2.49. The van der Waals surface area contributed by atoms with Gasteiger partial charge in [-0.1, -0.05) is 19.1 Å². The molecule has 0 spiro atoms. The lowest BCUT2D eigenvalue weighted by atomic mass is 10.2. The van der Waals surface area contributed by atoms with E-state index in [0.717, 1.165) is 18.2 Å². The van der Waals surface area contributed by atoms with Gasteiger partial charge in [-0.25, -0.2) is 0 Å². The van der Waals surface area contributed by atoms with Gasteiger partial charge in [0.15, 0.2) is 0 Å². The Balaban J connectivity index is 2.25. The maximum absolute atomic E-state index is 11.9. The SMILES string of the molecule is CCCN1C(=O)S/C(=C/c2cccc(O)c2)C1=O. The predicted octanol–water partition coefficient (Wildman–Crippen LogP) is 2.84. The molecule has 2 amide bonds. The first-order chi connectivity index (χ1) is 8.61. The van der Waals surface area contributed by atoms with E-state index in [1.807, 2.05) is 6.92 Å². The lowest BCUT2D eigenvalue weighted by Gasteiger charge is -2.09. The van der Waals surface area contributed by atoms with E-state index >= 15 is 0 Å². The van der Waals surface area contributed by atoms with Gasteiger partial charge in [-0.15, -0.1) is 0 Å². The highest BCUT2D eigenvalue weighted by atomic mass is 32.2. The second-order valence-electron chi connectivity index (χ2n) is 3.93. The van der Waals surface area contributed by atoms with Crippen molar-refractivity contribution in [2.45, 2.75) is 13.3 Å². The Bertz CT molecular complexity index is 525. The molecule has 0 atom stereocenters. The van der Waals surface area contributed by atoms with Crippen molar-refractivity contribution in [3.8, 4) is 5.75 Å². The number of amides is 2. The maximum atomic E-state index is 11.9. The van der Waals surface area contributed by atoms with E-state index in [2.05, 4.69) is 0 Å². The molecule has 2 rings (SSSR count). The van der Waals surface area contributed by atoms with Gasteiger partial charge < -0.3 is 5.11 Å². The third kappa shape index (κ3) is 2.56. The highest BCUT2D eigenvalue weighted by Crippen LogP contribution is 2.32. The van der Waals surface area contributed by atoms with Gasteiger partial charge in [0.1, 0.15) is 5.75 Å². The summed E-state index contributed by atoms with van der Waals surface area (Å²) in [4.78, 5) is 25.2. The Hall–Kier alpha value is -1.75. The third-order valence-corrected chi connectivity index (χ3v) is 3.40. The van der Waals surface area contributed by atoms with Crippen molar-refractivity contribution < 1.29 is 14.7 Å². The maximum Gasteiger partial charge on any atom is 0.293 e. The van der Waals surface area contributed by atoms with Crippen molar-refractivity contribution in [3.63, 3.8) is 0 Å². The molecule has 0 saturated carbocycles. The van der Waals surface area contributed by atoms with Crippen LogP contribution in [0.4, 0.5) is 4.79 Å². The molecule has 5 heteroatoms. The number of thioether (sulfide) groups is 1. The average molecular weight is 263 g/mol. The van der Waals surface area contributed by atoms with Crippen molar-refractivity contribution >= 4 is 29.0 Å². The fraction of sp³-hybridized carbons (Fsp3) is 0.231. The monoisotopic (exact) mass is 263 g/mol. The van der Waals surface area contributed by atoms with Gasteiger partial charge in [-0.05, 0) is 42.0 Å². The highest BCUT2D eigenvalue weighted by molar-refractivity contribution is 8.18. The molecule has 0 unspecified atom stereocenters. The van der Waals surface area contributed by atoms with E-state index in [0.29, 0.717) is 17.0 Å². The Morgan fingerprint density at radius 3 is 2.83 bits per heavy atom. The summed E-state index contributed by atoms with van der Waals surface area (Å²) in [5.74, 6) is -0.119. The van der Waals surface area contributed by atoms with E-state index in [-0.39, 0.29) is 16.9 Å². The largest absolute Gasteiger partial charge is 0.508 e. The Morgan fingerprint density at radius 2 is 2.17 bits per heavy atom. The first kappa shape index (κ1) is 12.7. The summed E-state index contributed by atoms with van der Waals surface area (Å²) in [6.45, 7) is 2.37. The summed E-state index contributed by atoms with van der Waals surface area (Å²) in [6, 6.07) is 6.57. The lowest BCUT2D eigenvalue weighted by molar-refractivity contribution is -0.122. The van der Waals surface area contributed by atoms with E-state index in [1.54, 1.807) is 30.3 Å². The van der Waals surface area contributed by atoms with E-state index in [1.165, 1.54) is 4.90 Å². The van der Waals surface area contributed by atoms with Gasteiger partial charge in [0.05, 0.1) is 4.91 Å². The van der Waals surface area contributed by atoms with Crippen LogP contribution < -0.4 is 0 Å². The molecule has 0 radical (unpaired) electrons. The van der Waals surface area contributed by atoms with Crippen LogP contribution in [0.15, 0.2) is 29.2 Å². The topological polar surface area (TPSA) is 57.6 Å². The zero-order valence-electron chi connectivity index (χ0n) is 9.92. The Labute approximate surface area is 109 Å². The molecule has 1 aromatic rings. The molecular formula is C13H13NO3S. The van der Waals surface area contributed by atoms with Crippen LogP contribution in [0.5, 0.6) is 5.75 Å². The molecule has 94 valence electrons. The smallest absolute Gasteiger partial charge is 0.293 e. The van der Waals surface area contributed by atoms with Gasteiger partial charge in [0.25, 0.3) is 11.1 Å². The number of carbonyl (C=O) groups is 2. The van der Waals surface area contributed by atoms with E-state index in [4.69, 9.17) is 0 Å². The minimum atomic E-state index is -0.254. The van der Waals surface area contributed by atoms with Gasteiger partial charge in [-0.3, -0.25) is 14.5 Å². The molecule has 1 aliphatic rings. The molecule has 4 nitrogen and oxygen atoms in total. The number of carbonyl (C=O) groups excluding carboxylic acids is 2. The molecule has 1 aliphatic heterocycles. The van der Waals surface area contributed by atoms with Crippen LogP contribution in [0, 0.1) is 0 Å². The minimum absolute atomic E-state index is 0.136. The molecule has 1 aromatic carbocycles. The van der Waals surface area contributed by atoms with Crippen LogP contribution in [0.1, 0.15) is 18.9 Å².